The Balaban J connectivity index is 0.00000320. The van der Waals surface area contributed by atoms with E-state index in [1.54, 1.807) is 11.3 Å². The van der Waals surface area contributed by atoms with E-state index in [0.29, 0.717) is 0 Å². The van der Waals surface area contributed by atoms with Gasteiger partial charge in [-0.25, -0.2) is 4.98 Å². The van der Waals surface area contributed by atoms with Crippen molar-refractivity contribution in [3.8, 4) is 0 Å². The molecule has 0 saturated carbocycles. The predicted octanol–water partition coefficient (Wildman–Crippen LogP) is 3.33. The van der Waals surface area contributed by atoms with Gasteiger partial charge in [0.25, 0.3) is 0 Å². The zero-order chi connectivity index (χ0) is 20.3. The van der Waals surface area contributed by atoms with E-state index < -0.39 is 0 Å². The molecule has 3 rings (SSSR count). The molecule has 2 aromatic rings. The number of hydrogen-bond donors (Lipinski definition) is 2. The molecule has 0 bridgehead atoms. The van der Waals surface area contributed by atoms with Crippen molar-refractivity contribution >= 4 is 41.3 Å². The predicted molar refractivity (Wildman–Crippen MR) is 138 cm³/mol. The lowest BCUT2D eigenvalue weighted by Gasteiger charge is -2.34. The lowest BCUT2D eigenvalue weighted by Crippen LogP contribution is -2.46. The number of hydrogen-bond acceptors (Lipinski definition) is 5. The second kappa shape index (κ2) is 14.0. The third-order valence-electron chi connectivity index (χ3n) is 5.21. The molecule has 1 saturated heterocycles. The van der Waals surface area contributed by atoms with Gasteiger partial charge < -0.3 is 15.5 Å². The maximum atomic E-state index is 4.38. The van der Waals surface area contributed by atoms with Gasteiger partial charge in [-0.15, -0.1) is 35.3 Å². The maximum absolute atomic E-state index is 4.38. The van der Waals surface area contributed by atoms with E-state index in [9.17, 15) is 0 Å². The second-order valence-electron chi connectivity index (χ2n) is 7.53. The zero-order valence-electron chi connectivity index (χ0n) is 18.1. The van der Waals surface area contributed by atoms with Gasteiger partial charge >= 0.3 is 0 Å². The van der Waals surface area contributed by atoms with Crippen LogP contribution in [0.5, 0.6) is 0 Å². The van der Waals surface area contributed by atoms with Crippen LogP contribution in [-0.2, 0) is 13.1 Å². The van der Waals surface area contributed by atoms with Gasteiger partial charge in [-0.3, -0.25) is 9.89 Å². The Labute approximate surface area is 202 Å². The zero-order valence-corrected chi connectivity index (χ0v) is 21.3. The highest BCUT2D eigenvalue weighted by Gasteiger charge is 2.16. The summed E-state index contributed by atoms with van der Waals surface area (Å²) in [5, 5.41) is 7.84. The molecule has 0 amide bonds. The van der Waals surface area contributed by atoms with Gasteiger partial charge in [0.2, 0.25) is 0 Å². The minimum Gasteiger partial charge on any atom is -0.356 e. The Morgan fingerprint density at radius 2 is 1.80 bits per heavy atom. The highest BCUT2D eigenvalue weighted by molar-refractivity contribution is 14.0. The van der Waals surface area contributed by atoms with Gasteiger partial charge in [-0.05, 0) is 31.9 Å². The Morgan fingerprint density at radius 3 is 2.47 bits per heavy atom. The standard InChI is InChI=1S/C22H34N6S.HI/c1-19-16-25-21(29-19)17-26-22(23-2)24-10-6-7-11-27-12-14-28(15-13-27)18-20-8-4-3-5-9-20;/h3-5,8-9,16H,6-7,10-15,17-18H2,1-2H3,(H2,23,24,26);1H. The van der Waals surface area contributed by atoms with Crippen LogP contribution in [0.4, 0.5) is 0 Å². The Hall–Kier alpha value is -1.23. The monoisotopic (exact) mass is 542 g/mol. The van der Waals surface area contributed by atoms with Crippen molar-refractivity contribution in [1.82, 2.24) is 25.4 Å². The molecule has 2 heterocycles. The third-order valence-corrected chi connectivity index (χ3v) is 6.12. The number of aryl methyl sites for hydroxylation is 1. The molecule has 2 N–H and O–H groups in total. The number of unbranched alkanes of at least 4 members (excludes halogenated alkanes) is 1. The summed E-state index contributed by atoms with van der Waals surface area (Å²) in [6.07, 6.45) is 4.29. The number of benzene rings is 1. The summed E-state index contributed by atoms with van der Waals surface area (Å²) in [5.41, 5.74) is 1.42. The summed E-state index contributed by atoms with van der Waals surface area (Å²) in [5.74, 6) is 0.854. The van der Waals surface area contributed by atoms with Crippen LogP contribution in [0.1, 0.15) is 28.3 Å². The fourth-order valence-corrected chi connectivity index (χ4v) is 4.27. The van der Waals surface area contributed by atoms with Crippen LogP contribution in [0.15, 0.2) is 41.5 Å². The molecule has 0 atom stereocenters. The molecule has 166 valence electrons. The number of halogens is 1. The van der Waals surface area contributed by atoms with E-state index in [0.717, 1.165) is 37.0 Å². The van der Waals surface area contributed by atoms with E-state index in [1.807, 2.05) is 13.2 Å². The van der Waals surface area contributed by atoms with Gasteiger partial charge in [0.05, 0.1) is 6.54 Å². The van der Waals surface area contributed by atoms with E-state index in [1.165, 1.54) is 49.6 Å². The molecule has 6 nitrogen and oxygen atoms in total. The quantitative estimate of drug-likeness (QED) is 0.221. The minimum atomic E-state index is 0. The van der Waals surface area contributed by atoms with Gasteiger partial charge in [0.1, 0.15) is 5.01 Å². The summed E-state index contributed by atoms with van der Waals surface area (Å²) < 4.78 is 0. The number of nitrogens with zero attached hydrogens (tertiary/aromatic N) is 4. The van der Waals surface area contributed by atoms with Crippen molar-refractivity contribution < 1.29 is 0 Å². The molecule has 0 radical (unpaired) electrons. The van der Waals surface area contributed by atoms with Crippen LogP contribution >= 0.6 is 35.3 Å². The number of aliphatic imine (C=N–C) groups is 1. The molecule has 1 aromatic heterocycles. The number of piperazine rings is 1. The first kappa shape index (κ1) is 25.0. The van der Waals surface area contributed by atoms with E-state index in [4.69, 9.17) is 0 Å². The minimum absolute atomic E-state index is 0. The first-order valence-corrected chi connectivity index (χ1v) is 11.4. The molecule has 0 spiro atoms. The van der Waals surface area contributed by atoms with Crippen molar-refractivity contribution in [2.75, 3.05) is 46.3 Å². The lowest BCUT2D eigenvalue weighted by molar-refractivity contribution is 0.126. The van der Waals surface area contributed by atoms with Crippen molar-refractivity contribution in [1.29, 1.82) is 0 Å². The van der Waals surface area contributed by atoms with Gasteiger partial charge in [0, 0.05) is 57.4 Å². The third kappa shape index (κ3) is 8.87. The van der Waals surface area contributed by atoms with Crippen molar-refractivity contribution in [3.05, 3.63) is 52.0 Å². The number of thiazole rings is 1. The molecular weight excluding hydrogens is 507 g/mol. The number of guanidine groups is 1. The number of nitrogens with one attached hydrogen (secondary N) is 2. The Bertz CT molecular complexity index is 743. The summed E-state index contributed by atoms with van der Waals surface area (Å²) in [4.78, 5) is 15.1. The van der Waals surface area contributed by atoms with Gasteiger partial charge in [0.15, 0.2) is 5.96 Å². The van der Waals surface area contributed by atoms with Gasteiger partial charge in [-0.2, -0.15) is 0 Å². The molecule has 1 fully saturated rings. The van der Waals surface area contributed by atoms with E-state index >= 15 is 0 Å². The SMILES string of the molecule is CN=C(NCCCCN1CCN(Cc2ccccc2)CC1)NCc1ncc(C)s1.I. The average molecular weight is 543 g/mol. The fourth-order valence-electron chi connectivity index (χ4n) is 3.54. The number of rotatable bonds is 9. The van der Waals surface area contributed by atoms with Crippen molar-refractivity contribution in [3.63, 3.8) is 0 Å². The fraction of sp³-hybridized carbons (Fsp3) is 0.545. The average Bonchev–Trinajstić information content (AvgIpc) is 3.17. The van der Waals surface area contributed by atoms with Crippen molar-refractivity contribution in [2.24, 2.45) is 4.99 Å². The molecule has 8 heteroatoms. The Kier molecular flexibility index (Phi) is 11.6. The molecule has 1 aliphatic rings. The van der Waals surface area contributed by atoms with Crippen LogP contribution in [0.3, 0.4) is 0 Å². The van der Waals surface area contributed by atoms with Crippen LogP contribution in [0.25, 0.3) is 0 Å². The smallest absolute Gasteiger partial charge is 0.191 e. The highest BCUT2D eigenvalue weighted by Crippen LogP contribution is 2.10. The molecule has 1 aromatic carbocycles. The summed E-state index contributed by atoms with van der Waals surface area (Å²) >= 11 is 1.72. The highest BCUT2D eigenvalue weighted by atomic mass is 127. The van der Waals surface area contributed by atoms with Crippen LogP contribution in [0.2, 0.25) is 0 Å². The summed E-state index contributed by atoms with van der Waals surface area (Å²) in [6.45, 7) is 10.7. The second-order valence-corrected chi connectivity index (χ2v) is 8.85. The molecule has 30 heavy (non-hydrogen) atoms. The molecule has 1 aliphatic heterocycles. The Morgan fingerprint density at radius 1 is 1.07 bits per heavy atom. The van der Waals surface area contributed by atoms with Crippen LogP contribution in [-0.4, -0.2) is 67.1 Å². The maximum Gasteiger partial charge on any atom is 0.191 e. The first-order valence-electron chi connectivity index (χ1n) is 10.6. The molecular formula is C22H35IN6S. The lowest BCUT2D eigenvalue weighted by atomic mass is 10.2. The normalized spacial score (nSPS) is 15.6. The molecule has 0 unspecified atom stereocenters. The van der Waals surface area contributed by atoms with Crippen LogP contribution < -0.4 is 10.6 Å². The van der Waals surface area contributed by atoms with Gasteiger partial charge in [-0.1, -0.05) is 30.3 Å². The van der Waals surface area contributed by atoms with E-state index in [2.05, 4.69) is 67.7 Å². The summed E-state index contributed by atoms with van der Waals surface area (Å²) in [7, 11) is 1.82. The van der Waals surface area contributed by atoms with Crippen molar-refractivity contribution in [2.45, 2.75) is 32.9 Å². The van der Waals surface area contributed by atoms with Crippen LogP contribution in [0, 0.1) is 6.92 Å². The largest absolute Gasteiger partial charge is 0.356 e. The first-order chi connectivity index (χ1) is 14.2. The van der Waals surface area contributed by atoms with E-state index in [-0.39, 0.29) is 24.0 Å². The topological polar surface area (TPSA) is 55.8 Å². The summed E-state index contributed by atoms with van der Waals surface area (Å²) in [6, 6.07) is 10.8. The molecule has 0 aliphatic carbocycles. The number of aromatic nitrogens is 1.